The van der Waals surface area contributed by atoms with Crippen molar-refractivity contribution in [3.05, 3.63) is 54.1 Å². The van der Waals surface area contributed by atoms with E-state index in [2.05, 4.69) is 10.6 Å². The summed E-state index contributed by atoms with van der Waals surface area (Å²) in [6.45, 7) is 3.63. The zero-order valence-corrected chi connectivity index (χ0v) is 16.2. The van der Waals surface area contributed by atoms with Crippen molar-refractivity contribution in [2.24, 2.45) is 5.41 Å². The smallest absolute Gasteiger partial charge is 0.239 e. The number of methoxy groups -OCH3 is 2. The lowest BCUT2D eigenvalue weighted by Crippen LogP contribution is -2.45. The third kappa shape index (κ3) is 5.48. The molecule has 0 radical (unpaired) electrons. The predicted octanol–water partition coefficient (Wildman–Crippen LogP) is 3.03. The van der Waals surface area contributed by atoms with Gasteiger partial charge in [0.25, 0.3) is 0 Å². The summed E-state index contributed by atoms with van der Waals surface area (Å²) in [6.07, 6.45) is 0.649. The van der Waals surface area contributed by atoms with Crippen LogP contribution in [0.15, 0.2) is 48.5 Å². The molecule has 0 aliphatic heterocycles. The number of carbonyl (C=O) groups is 2. The van der Waals surface area contributed by atoms with Gasteiger partial charge in [0, 0.05) is 18.3 Å². The minimum atomic E-state index is -1.21. The topological polar surface area (TPSA) is 76.7 Å². The first-order valence-corrected chi connectivity index (χ1v) is 8.73. The minimum absolute atomic E-state index is 0.328. The van der Waals surface area contributed by atoms with Crippen LogP contribution < -0.4 is 20.1 Å². The highest BCUT2D eigenvalue weighted by molar-refractivity contribution is 6.09. The number of ether oxygens (including phenoxy) is 2. The molecule has 0 fully saturated rings. The molecule has 0 heterocycles. The van der Waals surface area contributed by atoms with Gasteiger partial charge in [0.2, 0.25) is 11.8 Å². The van der Waals surface area contributed by atoms with Crippen molar-refractivity contribution in [2.45, 2.75) is 20.3 Å². The number of benzene rings is 2. The van der Waals surface area contributed by atoms with Gasteiger partial charge in [-0.05, 0) is 50.1 Å². The molecule has 6 heteroatoms. The van der Waals surface area contributed by atoms with Crippen LogP contribution in [0.1, 0.15) is 19.4 Å². The van der Waals surface area contributed by atoms with Crippen LogP contribution in [0.4, 0.5) is 5.69 Å². The molecule has 0 atom stereocenters. The molecule has 0 spiro atoms. The summed E-state index contributed by atoms with van der Waals surface area (Å²) in [7, 11) is 3.17. The first-order chi connectivity index (χ1) is 12.9. The van der Waals surface area contributed by atoms with Gasteiger partial charge in [-0.1, -0.05) is 18.2 Å². The number of hydrogen-bond acceptors (Lipinski definition) is 4. The molecule has 27 heavy (non-hydrogen) atoms. The Morgan fingerprint density at radius 3 is 2.22 bits per heavy atom. The fraction of sp³-hybridized carbons (Fsp3) is 0.333. The van der Waals surface area contributed by atoms with Gasteiger partial charge in [0.05, 0.1) is 14.2 Å². The first kappa shape index (κ1) is 20.3. The summed E-state index contributed by atoms with van der Waals surface area (Å²) in [4.78, 5) is 25.1. The van der Waals surface area contributed by atoms with Gasteiger partial charge in [-0.15, -0.1) is 0 Å². The summed E-state index contributed by atoms with van der Waals surface area (Å²) in [5.74, 6) is 0.700. The molecule has 2 aromatic rings. The van der Waals surface area contributed by atoms with E-state index in [1.807, 2.05) is 24.3 Å². The molecule has 0 saturated heterocycles. The van der Waals surface area contributed by atoms with Crippen LogP contribution in [0.3, 0.4) is 0 Å². The van der Waals surface area contributed by atoms with Crippen molar-refractivity contribution in [1.82, 2.24) is 5.32 Å². The number of carbonyl (C=O) groups excluding carboxylic acids is 2. The molecule has 0 aromatic heterocycles. The molecule has 0 aliphatic carbocycles. The molecule has 2 aromatic carbocycles. The highest BCUT2D eigenvalue weighted by Gasteiger charge is 2.35. The number of hydrogen-bond donors (Lipinski definition) is 2. The number of nitrogens with one attached hydrogen (secondary N) is 2. The lowest BCUT2D eigenvalue weighted by molar-refractivity contribution is -0.138. The van der Waals surface area contributed by atoms with E-state index in [0.29, 0.717) is 24.4 Å². The van der Waals surface area contributed by atoms with Crippen LogP contribution in [0, 0.1) is 5.41 Å². The minimum Gasteiger partial charge on any atom is -0.497 e. The molecule has 6 nitrogen and oxygen atoms in total. The molecule has 2 amide bonds. The molecule has 2 N–H and O–H groups in total. The van der Waals surface area contributed by atoms with Gasteiger partial charge in [0.1, 0.15) is 16.9 Å². The predicted molar refractivity (Wildman–Crippen MR) is 105 cm³/mol. The third-order valence-corrected chi connectivity index (χ3v) is 4.30. The summed E-state index contributed by atoms with van der Waals surface area (Å²) in [5.41, 5.74) is 0.419. The highest BCUT2D eigenvalue weighted by atomic mass is 16.5. The Kier molecular flexibility index (Phi) is 6.82. The van der Waals surface area contributed by atoms with Crippen molar-refractivity contribution in [3.63, 3.8) is 0 Å². The molecule has 0 aliphatic rings. The maximum absolute atomic E-state index is 12.6. The largest absolute Gasteiger partial charge is 0.497 e. The highest BCUT2D eigenvalue weighted by Crippen LogP contribution is 2.22. The standard InChI is InChI=1S/C21H26N2O4/c1-21(2,20(25)23-16-8-6-10-18(14-16)27-4)19(24)22-12-11-15-7-5-9-17(13-15)26-3/h5-10,13-14H,11-12H2,1-4H3,(H,22,24)(H,23,25). The fourth-order valence-corrected chi connectivity index (χ4v) is 2.46. The molecule has 0 saturated carbocycles. The average molecular weight is 370 g/mol. The number of amides is 2. The maximum atomic E-state index is 12.6. The SMILES string of the molecule is COc1cccc(CCNC(=O)C(C)(C)C(=O)Nc2cccc(OC)c2)c1. The second kappa shape index (κ2) is 9.07. The van der Waals surface area contributed by atoms with E-state index >= 15 is 0 Å². The Hall–Kier alpha value is -3.02. The van der Waals surface area contributed by atoms with Crippen molar-refractivity contribution < 1.29 is 19.1 Å². The normalized spacial score (nSPS) is 10.8. The van der Waals surface area contributed by atoms with Crippen molar-refractivity contribution in [2.75, 3.05) is 26.1 Å². The summed E-state index contributed by atoms with van der Waals surface area (Å²) in [6, 6.07) is 14.7. The van der Waals surface area contributed by atoms with E-state index in [1.54, 1.807) is 52.3 Å². The third-order valence-electron chi connectivity index (χ3n) is 4.30. The van der Waals surface area contributed by atoms with Crippen LogP contribution in [0.5, 0.6) is 11.5 Å². The van der Waals surface area contributed by atoms with Crippen molar-refractivity contribution in [3.8, 4) is 11.5 Å². The van der Waals surface area contributed by atoms with E-state index in [-0.39, 0.29) is 11.8 Å². The quantitative estimate of drug-likeness (QED) is 0.701. The van der Waals surface area contributed by atoms with Crippen LogP contribution >= 0.6 is 0 Å². The van der Waals surface area contributed by atoms with E-state index in [4.69, 9.17) is 9.47 Å². The molecule has 0 bridgehead atoms. The van der Waals surface area contributed by atoms with Crippen LogP contribution in [-0.4, -0.2) is 32.6 Å². The average Bonchev–Trinajstić information content (AvgIpc) is 2.68. The van der Waals surface area contributed by atoms with E-state index in [0.717, 1.165) is 11.3 Å². The summed E-state index contributed by atoms with van der Waals surface area (Å²) < 4.78 is 10.3. The molecule has 2 rings (SSSR count). The second-order valence-electron chi connectivity index (χ2n) is 6.67. The van der Waals surface area contributed by atoms with Crippen molar-refractivity contribution in [1.29, 1.82) is 0 Å². The van der Waals surface area contributed by atoms with E-state index in [9.17, 15) is 9.59 Å². The Morgan fingerprint density at radius 2 is 1.56 bits per heavy atom. The Bertz CT molecular complexity index is 802. The lowest BCUT2D eigenvalue weighted by Gasteiger charge is -2.23. The number of rotatable bonds is 8. The van der Waals surface area contributed by atoms with Gasteiger partial charge in [-0.25, -0.2) is 0 Å². The maximum Gasteiger partial charge on any atom is 0.239 e. The molecule has 144 valence electrons. The van der Waals surface area contributed by atoms with Crippen LogP contribution in [-0.2, 0) is 16.0 Å². The lowest BCUT2D eigenvalue weighted by atomic mass is 9.91. The second-order valence-corrected chi connectivity index (χ2v) is 6.67. The van der Waals surface area contributed by atoms with E-state index < -0.39 is 5.41 Å². The van der Waals surface area contributed by atoms with Gasteiger partial charge >= 0.3 is 0 Å². The fourth-order valence-electron chi connectivity index (χ4n) is 2.46. The zero-order valence-electron chi connectivity index (χ0n) is 16.2. The van der Waals surface area contributed by atoms with Gasteiger partial charge in [0.15, 0.2) is 0 Å². The number of anilines is 1. The summed E-state index contributed by atoms with van der Waals surface area (Å²) >= 11 is 0. The zero-order chi connectivity index (χ0) is 19.9. The Labute approximate surface area is 159 Å². The van der Waals surface area contributed by atoms with Crippen LogP contribution in [0.25, 0.3) is 0 Å². The van der Waals surface area contributed by atoms with Gasteiger partial charge < -0.3 is 20.1 Å². The van der Waals surface area contributed by atoms with Crippen molar-refractivity contribution >= 4 is 17.5 Å². The summed E-state index contributed by atoms with van der Waals surface area (Å²) in [5, 5.41) is 5.60. The first-order valence-electron chi connectivity index (χ1n) is 8.73. The molecular formula is C21H26N2O4. The van der Waals surface area contributed by atoms with Crippen LogP contribution in [0.2, 0.25) is 0 Å². The molecule has 0 unspecified atom stereocenters. The van der Waals surface area contributed by atoms with E-state index in [1.165, 1.54) is 0 Å². The Morgan fingerprint density at radius 1 is 0.926 bits per heavy atom. The van der Waals surface area contributed by atoms with Gasteiger partial charge in [-0.3, -0.25) is 9.59 Å². The molecular weight excluding hydrogens is 344 g/mol. The monoisotopic (exact) mass is 370 g/mol. The van der Waals surface area contributed by atoms with Gasteiger partial charge in [-0.2, -0.15) is 0 Å². The Balaban J connectivity index is 1.91.